The van der Waals surface area contributed by atoms with Crippen LogP contribution in [0.2, 0.25) is 0 Å². The van der Waals surface area contributed by atoms with E-state index in [1.54, 1.807) is 0 Å². The molecule has 4 heteroatoms. The van der Waals surface area contributed by atoms with Gasteiger partial charge in [-0.05, 0) is 37.5 Å². The van der Waals surface area contributed by atoms with Crippen molar-refractivity contribution in [3.63, 3.8) is 0 Å². The molecule has 0 aliphatic heterocycles. The molecule has 6 atom stereocenters. The van der Waals surface area contributed by atoms with Crippen molar-refractivity contribution < 1.29 is 17.6 Å². The van der Waals surface area contributed by atoms with Gasteiger partial charge in [-0.3, -0.25) is 0 Å². The zero-order valence-electron chi connectivity index (χ0n) is 13.1. The standard InChI is InChI=1S/C17H28F4/c1-3-5-11(2)6-4-7-13-10-12-8-9-14(18)16(19)15(12)17(13,20)21/h11-16H,3-10H2,1-2H3. The van der Waals surface area contributed by atoms with Gasteiger partial charge >= 0.3 is 0 Å². The van der Waals surface area contributed by atoms with Crippen LogP contribution in [0.15, 0.2) is 0 Å². The van der Waals surface area contributed by atoms with Crippen LogP contribution < -0.4 is 0 Å². The zero-order chi connectivity index (χ0) is 15.6. The van der Waals surface area contributed by atoms with Crippen molar-refractivity contribution in [2.75, 3.05) is 0 Å². The van der Waals surface area contributed by atoms with Crippen LogP contribution in [0, 0.1) is 23.7 Å². The molecule has 2 aliphatic rings. The van der Waals surface area contributed by atoms with Crippen LogP contribution >= 0.6 is 0 Å². The van der Waals surface area contributed by atoms with E-state index in [0.717, 1.165) is 25.7 Å². The molecule has 2 rings (SSSR count). The molecule has 0 heterocycles. The average Bonchev–Trinajstić information content (AvgIpc) is 2.66. The van der Waals surface area contributed by atoms with Crippen LogP contribution in [0.4, 0.5) is 17.6 Å². The van der Waals surface area contributed by atoms with Crippen LogP contribution in [0.3, 0.4) is 0 Å². The van der Waals surface area contributed by atoms with Gasteiger partial charge in [-0.2, -0.15) is 0 Å². The number of alkyl halides is 4. The van der Waals surface area contributed by atoms with E-state index >= 15 is 0 Å². The minimum Gasteiger partial charge on any atom is -0.244 e. The lowest BCUT2D eigenvalue weighted by Gasteiger charge is -2.34. The van der Waals surface area contributed by atoms with Crippen LogP contribution in [-0.4, -0.2) is 18.3 Å². The molecule has 0 aromatic heterocycles. The normalized spacial score (nSPS) is 40.0. The molecule has 0 saturated heterocycles. The van der Waals surface area contributed by atoms with Gasteiger partial charge in [0.2, 0.25) is 0 Å². The molecule has 21 heavy (non-hydrogen) atoms. The molecule has 0 amide bonds. The minimum atomic E-state index is -3.02. The predicted octanol–water partition coefficient (Wildman–Crippen LogP) is 5.95. The van der Waals surface area contributed by atoms with E-state index in [2.05, 4.69) is 13.8 Å². The maximum absolute atomic E-state index is 14.4. The summed E-state index contributed by atoms with van der Waals surface area (Å²) in [4.78, 5) is 0. The van der Waals surface area contributed by atoms with E-state index in [4.69, 9.17) is 0 Å². The Morgan fingerprint density at radius 1 is 1.14 bits per heavy atom. The highest BCUT2D eigenvalue weighted by Crippen LogP contribution is 2.56. The van der Waals surface area contributed by atoms with Crippen LogP contribution in [0.1, 0.15) is 65.2 Å². The molecule has 0 spiro atoms. The zero-order valence-corrected chi connectivity index (χ0v) is 13.1. The van der Waals surface area contributed by atoms with Gasteiger partial charge in [0.1, 0.15) is 12.3 Å². The molecule has 6 unspecified atom stereocenters. The number of fused-ring (bicyclic) bond motifs is 1. The van der Waals surface area contributed by atoms with Crippen molar-refractivity contribution in [2.24, 2.45) is 23.7 Å². The maximum Gasteiger partial charge on any atom is 0.256 e. The Hall–Kier alpha value is -0.280. The summed E-state index contributed by atoms with van der Waals surface area (Å²) in [6.45, 7) is 4.28. The Bertz CT molecular complexity index is 331. The van der Waals surface area contributed by atoms with E-state index in [-0.39, 0.29) is 12.3 Å². The van der Waals surface area contributed by atoms with Gasteiger partial charge in [-0.15, -0.1) is 0 Å². The lowest BCUT2D eigenvalue weighted by atomic mass is 9.78. The Kier molecular flexibility index (Phi) is 5.59. The Labute approximate surface area is 125 Å². The van der Waals surface area contributed by atoms with Gasteiger partial charge in [-0.1, -0.05) is 39.5 Å². The fourth-order valence-electron chi connectivity index (χ4n) is 4.44. The van der Waals surface area contributed by atoms with Crippen molar-refractivity contribution >= 4 is 0 Å². The molecular weight excluding hydrogens is 280 g/mol. The molecule has 0 aromatic rings. The molecule has 2 aliphatic carbocycles. The number of rotatable bonds is 6. The van der Waals surface area contributed by atoms with Crippen molar-refractivity contribution in [3.8, 4) is 0 Å². The lowest BCUT2D eigenvalue weighted by molar-refractivity contribution is -0.128. The van der Waals surface area contributed by atoms with Gasteiger partial charge in [0.05, 0.1) is 5.92 Å². The summed E-state index contributed by atoms with van der Waals surface area (Å²) in [5.74, 6) is -4.90. The summed E-state index contributed by atoms with van der Waals surface area (Å²) in [5.41, 5.74) is 0. The molecule has 0 radical (unpaired) electrons. The third-order valence-corrected chi connectivity index (χ3v) is 5.62. The van der Waals surface area contributed by atoms with Gasteiger partial charge in [-0.25, -0.2) is 17.6 Å². The topological polar surface area (TPSA) is 0 Å². The first-order valence-electron chi connectivity index (χ1n) is 8.53. The molecule has 2 fully saturated rings. The first-order chi connectivity index (χ1) is 9.87. The Morgan fingerprint density at radius 2 is 1.86 bits per heavy atom. The van der Waals surface area contributed by atoms with Crippen molar-refractivity contribution in [3.05, 3.63) is 0 Å². The highest BCUT2D eigenvalue weighted by atomic mass is 19.3. The largest absolute Gasteiger partial charge is 0.256 e. The van der Waals surface area contributed by atoms with E-state index in [1.165, 1.54) is 0 Å². The first kappa shape index (κ1) is 17.1. The summed E-state index contributed by atoms with van der Waals surface area (Å²) < 4.78 is 56.2. The fraction of sp³-hybridized carbons (Fsp3) is 1.00. The summed E-state index contributed by atoms with van der Waals surface area (Å²) in [6, 6.07) is 0. The van der Waals surface area contributed by atoms with Crippen LogP contribution in [0.25, 0.3) is 0 Å². The second-order valence-corrected chi connectivity index (χ2v) is 7.26. The fourth-order valence-corrected chi connectivity index (χ4v) is 4.44. The van der Waals surface area contributed by atoms with Crippen molar-refractivity contribution in [2.45, 2.75) is 83.5 Å². The summed E-state index contributed by atoms with van der Waals surface area (Å²) >= 11 is 0. The van der Waals surface area contributed by atoms with Crippen LogP contribution in [0.5, 0.6) is 0 Å². The van der Waals surface area contributed by atoms with E-state index in [0.29, 0.717) is 25.2 Å². The second kappa shape index (κ2) is 6.87. The third kappa shape index (κ3) is 3.56. The molecule has 0 aromatic carbocycles. The third-order valence-electron chi connectivity index (χ3n) is 5.62. The Balaban J connectivity index is 1.90. The molecule has 124 valence electrons. The predicted molar refractivity (Wildman–Crippen MR) is 77.0 cm³/mol. The van der Waals surface area contributed by atoms with Crippen LogP contribution in [-0.2, 0) is 0 Å². The lowest BCUT2D eigenvalue weighted by Crippen LogP contribution is -2.44. The second-order valence-electron chi connectivity index (χ2n) is 7.26. The monoisotopic (exact) mass is 308 g/mol. The van der Waals surface area contributed by atoms with E-state index in [9.17, 15) is 17.6 Å². The summed E-state index contributed by atoms with van der Waals surface area (Å²) in [6.07, 6.45) is 1.68. The van der Waals surface area contributed by atoms with Gasteiger partial charge in [0.15, 0.2) is 0 Å². The molecule has 0 N–H and O–H groups in total. The van der Waals surface area contributed by atoms with Gasteiger partial charge < -0.3 is 0 Å². The number of halogens is 4. The first-order valence-corrected chi connectivity index (χ1v) is 8.53. The quantitative estimate of drug-likeness (QED) is 0.532. The molecule has 0 nitrogen and oxygen atoms in total. The highest BCUT2D eigenvalue weighted by Gasteiger charge is 2.62. The van der Waals surface area contributed by atoms with E-state index in [1.807, 2.05) is 0 Å². The number of hydrogen-bond donors (Lipinski definition) is 0. The minimum absolute atomic E-state index is 0.110. The summed E-state index contributed by atoms with van der Waals surface area (Å²) in [5, 5.41) is 0. The SMILES string of the molecule is CCCC(C)CCCC1CC2CCC(F)C(F)C2C1(F)F. The highest BCUT2D eigenvalue weighted by molar-refractivity contribution is 5.04. The molecule has 0 bridgehead atoms. The molecule has 2 saturated carbocycles. The van der Waals surface area contributed by atoms with Gasteiger partial charge in [0, 0.05) is 5.92 Å². The number of hydrogen-bond acceptors (Lipinski definition) is 0. The summed E-state index contributed by atoms with van der Waals surface area (Å²) in [7, 11) is 0. The van der Waals surface area contributed by atoms with E-state index < -0.39 is 30.1 Å². The van der Waals surface area contributed by atoms with Gasteiger partial charge in [0.25, 0.3) is 5.92 Å². The molecular formula is C17H28F4. The van der Waals surface area contributed by atoms with Crippen molar-refractivity contribution in [1.29, 1.82) is 0 Å². The Morgan fingerprint density at radius 3 is 2.52 bits per heavy atom. The smallest absolute Gasteiger partial charge is 0.244 e. The van der Waals surface area contributed by atoms with Crippen molar-refractivity contribution in [1.82, 2.24) is 0 Å². The average molecular weight is 308 g/mol. The maximum atomic E-state index is 14.4.